The Morgan fingerprint density at radius 3 is 1.88 bits per heavy atom. The van der Waals surface area contributed by atoms with Crippen LogP contribution in [0.25, 0.3) is 0 Å². The second-order valence-electron chi connectivity index (χ2n) is 6.85. The van der Waals surface area contributed by atoms with Crippen molar-refractivity contribution in [3.8, 4) is 11.5 Å². The Hall–Kier alpha value is -4.08. The molecule has 2 aliphatic rings. The van der Waals surface area contributed by atoms with E-state index in [0.717, 1.165) is 16.8 Å². The van der Waals surface area contributed by atoms with Crippen molar-refractivity contribution >= 4 is 35.3 Å². The molecule has 168 valence electrons. The van der Waals surface area contributed by atoms with Gasteiger partial charge in [0.2, 0.25) is 0 Å². The number of aliphatic carboxylic acids is 1. The molecule has 2 aromatic carbocycles. The summed E-state index contributed by atoms with van der Waals surface area (Å²) in [5.41, 5.74) is 3.06. The number of ether oxygens (including phenoxy) is 3. The molecule has 10 heteroatoms. The zero-order valence-electron chi connectivity index (χ0n) is 17.3. The van der Waals surface area contributed by atoms with Gasteiger partial charge >= 0.3 is 23.9 Å². The average molecular weight is 442 g/mol. The molecule has 0 atom stereocenters. The smallest absolute Gasteiger partial charge is 0.325 e. The van der Waals surface area contributed by atoms with Gasteiger partial charge in [-0.2, -0.15) is 0 Å². The second kappa shape index (κ2) is 10.3. The van der Waals surface area contributed by atoms with Crippen LogP contribution in [0.15, 0.2) is 36.4 Å². The molecule has 2 aromatic rings. The van der Waals surface area contributed by atoms with Crippen LogP contribution < -0.4 is 20.1 Å². The maximum Gasteiger partial charge on any atom is 0.325 e. The average Bonchev–Trinajstić information content (AvgIpc) is 3.30. The number of fused-ring (bicyclic) bond motifs is 2. The van der Waals surface area contributed by atoms with Crippen LogP contribution in [-0.4, -0.2) is 48.7 Å². The number of nitrogens with one attached hydrogen (secondary N) is 2. The maximum absolute atomic E-state index is 11.1. The minimum absolute atomic E-state index is 0.0978. The number of anilines is 2. The normalized spacial score (nSPS) is 13.0. The number of hydrogen-bond donors (Lipinski definition) is 3. The number of esters is 3. The molecule has 3 N–H and O–H groups in total. The van der Waals surface area contributed by atoms with Crippen LogP contribution >= 0.6 is 0 Å². The molecular formula is C22H22N2O8. The first-order chi connectivity index (χ1) is 15.3. The van der Waals surface area contributed by atoms with E-state index in [1.807, 2.05) is 6.07 Å². The SMILES string of the molecule is CCOC(=O)CNc1ccc2c(c1)OC(=O)C2.O=C(O)CNc1ccc2c(c1)OC(=O)C2. The van der Waals surface area contributed by atoms with E-state index < -0.39 is 5.97 Å². The quantitative estimate of drug-likeness (QED) is 0.429. The second-order valence-corrected chi connectivity index (χ2v) is 6.85. The summed E-state index contributed by atoms with van der Waals surface area (Å²) in [6.07, 6.45) is 0.599. The Kier molecular flexibility index (Phi) is 7.27. The van der Waals surface area contributed by atoms with Crippen molar-refractivity contribution in [3.05, 3.63) is 47.5 Å². The molecule has 32 heavy (non-hydrogen) atoms. The molecule has 0 aliphatic carbocycles. The van der Waals surface area contributed by atoms with Gasteiger partial charge in [0.05, 0.1) is 19.4 Å². The highest BCUT2D eigenvalue weighted by Crippen LogP contribution is 2.29. The molecule has 0 aromatic heterocycles. The first-order valence-corrected chi connectivity index (χ1v) is 9.86. The number of carboxylic acid groups (broad SMARTS) is 1. The number of rotatable bonds is 7. The topological polar surface area (TPSA) is 140 Å². The number of hydrogen-bond acceptors (Lipinski definition) is 9. The highest BCUT2D eigenvalue weighted by molar-refractivity contribution is 5.83. The lowest BCUT2D eigenvalue weighted by Gasteiger charge is -2.07. The van der Waals surface area contributed by atoms with Gasteiger partial charge in [0.1, 0.15) is 24.6 Å². The summed E-state index contributed by atoms with van der Waals surface area (Å²) in [5.74, 6) is -0.709. The minimum Gasteiger partial charge on any atom is -0.480 e. The fourth-order valence-corrected chi connectivity index (χ4v) is 3.00. The van der Waals surface area contributed by atoms with Gasteiger partial charge < -0.3 is 30.0 Å². The zero-order valence-corrected chi connectivity index (χ0v) is 17.3. The van der Waals surface area contributed by atoms with E-state index in [1.165, 1.54) is 0 Å². The van der Waals surface area contributed by atoms with Gasteiger partial charge in [0, 0.05) is 34.6 Å². The molecule has 0 fully saturated rings. The largest absolute Gasteiger partial charge is 0.480 e. The molecule has 0 unspecified atom stereocenters. The lowest BCUT2D eigenvalue weighted by Crippen LogP contribution is -2.16. The van der Waals surface area contributed by atoms with Gasteiger partial charge in [0.15, 0.2) is 0 Å². The van der Waals surface area contributed by atoms with E-state index in [4.69, 9.17) is 19.3 Å². The van der Waals surface area contributed by atoms with Crippen molar-refractivity contribution in [2.75, 3.05) is 30.3 Å². The fraction of sp³-hybridized carbons (Fsp3) is 0.273. The van der Waals surface area contributed by atoms with Crippen LogP contribution in [-0.2, 0) is 36.8 Å². The number of benzene rings is 2. The van der Waals surface area contributed by atoms with Gasteiger partial charge in [-0.3, -0.25) is 19.2 Å². The molecule has 2 aliphatic heterocycles. The maximum atomic E-state index is 11.1. The zero-order chi connectivity index (χ0) is 23.1. The van der Waals surface area contributed by atoms with Gasteiger partial charge in [-0.05, 0) is 19.1 Å². The minimum atomic E-state index is -0.938. The van der Waals surface area contributed by atoms with Crippen molar-refractivity contribution in [2.45, 2.75) is 19.8 Å². The summed E-state index contributed by atoms with van der Waals surface area (Å²) in [6, 6.07) is 10.4. The highest BCUT2D eigenvalue weighted by atomic mass is 16.5. The third kappa shape index (κ3) is 6.21. The molecule has 2 heterocycles. The van der Waals surface area contributed by atoms with E-state index in [1.54, 1.807) is 37.3 Å². The third-order valence-corrected chi connectivity index (χ3v) is 4.44. The van der Waals surface area contributed by atoms with E-state index in [9.17, 15) is 19.2 Å². The Morgan fingerprint density at radius 1 is 0.906 bits per heavy atom. The molecule has 10 nitrogen and oxygen atoms in total. The molecule has 0 bridgehead atoms. The number of carbonyl (C=O) groups is 4. The first-order valence-electron chi connectivity index (χ1n) is 9.86. The van der Waals surface area contributed by atoms with Crippen LogP contribution in [0.2, 0.25) is 0 Å². The van der Waals surface area contributed by atoms with E-state index in [-0.39, 0.29) is 37.4 Å². The van der Waals surface area contributed by atoms with Gasteiger partial charge in [-0.1, -0.05) is 12.1 Å². The van der Waals surface area contributed by atoms with E-state index >= 15 is 0 Å². The predicted molar refractivity (Wildman–Crippen MR) is 113 cm³/mol. The molecule has 4 rings (SSSR count). The van der Waals surface area contributed by atoms with Crippen LogP contribution in [0.3, 0.4) is 0 Å². The summed E-state index contributed by atoms with van der Waals surface area (Å²) in [6.45, 7) is 2.06. The third-order valence-electron chi connectivity index (χ3n) is 4.44. The molecule has 0 amide bonds. The Balaban J connectivity index is 0.000000182. The number of carbonyl (C=O) groups excluding carboxylic acids is 3. The van der Waals surface area contributed by atoms with Crippen molar-refractivity contribution < 1.29 is 38.5 Å². The van der Waals surface area contributed by atoms with Crippen LogP contribution in [0.1, 0.15) is 18.1 Å². The summed E-state index contributed by atoms with van der Waals surface area (Å²) in [7, 11) is 0. The monoisotopic (exact) mass is 442 g/mol. The number of carboxylic acids is 1. The summed E-state index contributed by atoms with van der Waals surface area (Å²) in [4.78, 5) is 43.4. The summed E-state index contributed by atoms with van der Waals surface area (Å²) >= 11 is 0. The van der Waals surface area contributed by atoms with Crippen molar-refractivity contribution in [1.29, 1.82) is 0 Å². The van der Waals surface area contributed by atoms with Crippen LogP contribution in [0, 0.1) is 0 Å². The standard InChI is InChI=1S/C12H13NO4.C10H9NO4/c1-2-16-12(15)7-13-9-4-3-8-5-11(14)17-10(8)6-9;12-9(13)5-11-7-2-1-6-3-10(14)15-8(6)4-7/h3-4,6,13H,2,5,7H2,1H3;1-2,4,11H,3,5H2,(H,12,13). The molecule has 0 saturated carbocycles. The van der Waals surface area contributed by atoms with Gasteiger partial charge in [-0.15, -0.1) is 0 Å². The van der Waals surface area contributed by atoms with Gasteiger partial charge in [-0.25, -0.2) is 0 Å². The van der Waals surface area contributed by atoms with E-state index in [0.29, 0.717) is 30.2 Å². The fourth-order valence-electron chi connectivity index (χ4n) is 3.00. The Morgan fingerprint density at radius 2 is 1.41 bits per heavy atom. The predicted octanol–water partition coefficient (Wildman–Crippen LogP) is 1.77. The van der Waals surface area contributed by atoms with Crippen molar-refractivity contribution in [1.82, 2.24) is 0 Å². The van der Waals surface area contributed by atoms with E-state index in [2.05, 4.69) is 10.6 Å². The van der Waals surface area contributed by atoms with Crippen molar-refractivity contribution in [2.24, 2.45) is 0 Å². The summed E-state index contributed by atoms with van der Waals surface area (Å²) in [5, 5.41) is 14.1. The van der Waals surface area contributed by atoms with Crippen LogP contribution in [0.4, 0.5) is 11.4 Å². The molecule has 0 spiro atoms. The highest BCUT2D eigenvalue weighted by Gasteiger charge is 2.21. The van der Waals surface area contributed by atoms with Crippen molar-refractivity contribution in [3.63, 3.8) is 0 Å². The Labute approximate surface area is 183 Å². The Bertz CT molecular complexity index is 1050. The molecular weight excluding hydrogens is 420 g/mol. The molecule has 0 radical (unpaired) electrons. The van der Waals surface area contributed by atoms with Crippen LogP contribution in [0.5, 0.6) is 11.5 Å². The first kappa shape index (κ1) is 22.6. The summed E-state index contributed by atoms with van der Waals surface area (Å²) < 4.78 is 14.7. The lowest BCUT2D eigenvalue weighted by atomic mass is 10.1. The molecule has 0 saturated heterocycles. The lowest BCUT2D eigenvalue weighted by molar-refractivity contribution is -0.141. The van der Waals surface area contributed by atoms with Gasteiger partial charge in [0.25, 0.3) is 0 Å².